The Morgan fingerprint density at radius 2 is 1.78 bits per heavy atom. The molecule has 96 valence electrons. The molecule has 0 aliphatic carbocycles. The summed E-state index contributed by atoms with van der Waals surface area (Å²) in [6, 6.07) is 9.59. The molecule has 0 unspecified atom stereocenters. The predicted octanol–water partition coefficient (Wildman–Crippen LogP) is 4.68. The molecule has 0 fully saturated rings. The number of nitrogens with two attached hydrogens (primary N) is 1. The summed E-state index contributed by atoms with van der Waals surface area (Å²) in [6.45, 7) is 0.375. The summed E-state index contributed by atoms with van der Waals surface area (Å²) in [7, 11) is 0. The van der Waals surface area contributed by atoms with Crippen molar-refractivity contribution in [3.05, 3.63) is 57.8 Å². The lowest BCUT2D eigenvalue weighted by atomic mass is 10.0. The molecule has 0 saturated carbocycles. The van der Waals surface area contributed by atoms with Crippen molar-refractivity contribution in [3.8, 4) is 11.1 Å². The van der Waals surface area contributed by atoms with Gasteiger partial charge >= 0.3 is 0 Å². The zero-order chi connectivity index (χ0) is 12.4. The van der Waals surface area contributed by atoms with Crippen molar-refractivity contribution in [2.24, 2.45) is 5.73 Å². The van der Waals surface area contributed by atoms with E-state index in [0.717, 1.165) is 11.1 Å². The molecule has 0 atom stereocenters. The molecule has 2 rings (SSSR count). The lowest BCUT2D eigenvalue weighted by molar-refractivity contribution is 0.628. The Labute approximate surface area is 121 Å². The molecule has 0 heterocycles. The Balaban J connectivity index is 0.00000162. The van der Waals surface area contributed by atoms with Gasteiger partial charge in [-0.05, 0) is 47.5 Å². The minimum atomic E-state index is -0.335. The average molecular weight is 307 g/mol. The minimum Gasteiger partial charge on any atom is -0.326 e. The molecule has 0 radical (unpaired) electrons. The van der Waals surface area contributed by atoms with Crippen LogP contribution in [0.25, 0.3) is 11.1 Å². The van der Waals surface area contributed by atoms with E-state index in [2.05, 4.69) is 0 Å². The molecular weight excluding hydrogens is 296 g/mol. The molecule has 0 spiro atoms. The van der Waals surface area contributed by atoms with Crippen molar-refractivity contribution >= 4 is 35.6 Å². The highest BCUT2D eigenvalue weighted by atomic mass is 35.5. The van der Waals surface area contributed by atoms with Crippen molar-refractivity contribution in [3.63, 3.8) is 0 Å². The van der Waals surface area contributed by atoms with Gasteiger partial charge in [-0.15, -0.1) is 12.4 Å². The largest absolute Gasteiger partial charge is 0.326 e. The Bertz CT molecular complexity index is 558. The van der Waals surface area contributed by atoms with E-state index in [1.54, 1.807) is 12.1 Å². The van der Waals surface area contributed by atoms with Gasteiger partial charge in [0.1, 0.15) is 5.82 Å². The van der Waals surface area contributed by atoms with Crippen LogP contribution in [0.15, 0.2) is 36.4 Å². The second-order valence-corrected chi connectivity index (χ2v) is 4.52. The first-order valence-corrected chi connectivity index (χ1v) is 5.80. The Hall–Kier alpha value is -0.800. The molecule has 0 saturated heterocycles. The first-order chi connectivity index (χ1) is 8.10. The Morgan fingerprint density at radius 1 is 1.06 bits per heavy atom. The first-order valence-electron chi connectivity index (χ1n) is 5.05. The van der Waals surface area contributed by atoms with Gasteiger partial charge in [-0.2, -0.15) is 0 Å². The van der Waals surface area contributed by atoms with E-state index in [-0.39, 0.29) is 18.2 Å². The third kappa shape index (κ3) is 3.36. The summed E-state index contributed by atoms with van der Waals surface area (Å²) < 4.78 is 13.2. The van der Waals surface area contributed by atoms with E-state index in [1.807, 2.05) is 6.07 Å². The topological polar surface area (TPSA) is 26.0 Å². The van der Waals surface area contributed by atoms with Crippen LogP contribution in [0.4, 0.5) is 4.39 Å². The quantitative estimate of drug-likeness (QED) is 0.856. The first kappa shape index (κ1) is 15.3. The maximum Gasteiger partial charge on any atom is 0.123 e. The summed E-state index contributed by atoms with van der Waals surface area (Å²) in [5.74, 6) is -0.335. The number of rotatable bonds is 2. The van der Waals surface area contributed by atoms with Crippen LogP contribution >= 0.6 is 35.6 Å². The number of hydrogen-bond acceptors (Lipinski definition) is 1. The van der Waals surface area contributed by atoms with Crippen molar-refractivity contribution in [2.75, 3.05) is 0 Å². The third-order valence-corrected chi connectivity index (χ3v) is 2.98. The average Bonchev–Trinajstić information content (AvgIpc) is 2.31. The molecular formula is C13H11Cl3FN. The molecule has 2 N–H and O–H groups in total. The van der Waals surface area contributed by atoms with E-state index in [0.29, 0.717) is 22.2 Å². The van der Waals surface area contributed by atoms with Crippen molar-refractivity contribution < 1.29 is 4.39 Å². The van der Waals surface area contributed by atoms with Gasteiger partial charge in [0.15, 0.2) is 0 Å². The number of hydrogen-bond donors (Lipinski definition) is 1. The monoisotopic (exact) mass is 305 g/mol. The molecule has 5 heteroatoms. The minimum absolute atomic E-state index is 0. The van der Waals surface area contributed by atoms with E-state index in [1.165, 1.54) is 18.2 Å². The SMILES string of the molecule is Cl.NCc1cc(Cl)cc(-c2cc(F)ccc2Cl)c1. The van der Waals surface area contributed by atoms with Crippen molar-refractivity contribution in [1.82, 2.24) is 0 Å². The number of halogens is 4. The molecule has 0 bridgehead atoms. The van der Waals surface area contributed by atoms with Gasteiger partial charge in [0.2, 0.25) is 0 Å². The lowest BCUT2D eigenvalue weighted by Gasteiger charge is -2.07. The van der Waals surface area contributed by atoms with Crippen LogP contribution in [0.2, 0.25) is 10.0 Å². The third-order valence-electron chi connectivity index (χ3n) is 2.43. The summed E-state index contributed by atoms with van der Waals surface area (Å²) in [5, 5.41) is 1.04. The molecule has 2 aromatic carbocycles. The van der Waals surface area contributed by atoms with Crippen LogP contribution in [0.5, 0.6) is 0 Å². The number of benzene rings is 2. The Kier molecular flexibility index (Phi) is 5.42. The molecule has 0 aliphatic rings. The molecule has 2 aromatic rings. The van der Waals surface area contributed by atoms with Crippen molar-refractivity contribution in [1.29, 1.82) is 0 Å². The molecule has 0 amide bonds. The second kappa shape index (κ2) is 6.39. The Morgan fingerprint density at radius 3 is 2.44 bits per heavy atom. The van der Waals surface area contributed by atoms with Gasteiger partial charge in [-0.1, -0.05) is 23.2 Å². The van der Waals surface area contributed by atoms with Gasteiger partial charge in [0.25, 0.3) is 0 Å². The smallest absolute Gasteiger partial charge is 0.123 e. The van der Waals surface area contributed by atoms with Crippen LogP contribution in [0.1, 0.15) is 5.56 Å². The zero-order valence-corrected chi connectivity index (χ0v) is 11.6. The summed E-state index contributed by atoms with van der Waals surface area (Å²) in [6.07, 6.45) is 0. The van der Waals surface area contributed by atoms with E-state index in [9.17, 15) is 4.39 Å². The maximum absolute atomic E-state index is 13.2. The maximum atomic E-state index is 13.2. The van der Waals surface area contributed by atoms with E-state index in [4.69, 9.17) is 28.9 Å². The van der Waals surface area contributed by atoms with Crippen LogP contribution in [0, 0.1) is 5.82 Å². The standard InChI is InChI=1S/C13H10Cl2FN.ClH/c14-10-4-8(7-17)3-9(5-10)12-6-11(16)1-2-13(12)15;/h1-6H,7,17H2;1H. The fraction of sp³-hybridized carbons (Fsp3) is 0.0769. The fourth-order valence-corrected chi connectivity index (χ4v) is 2.13. The molecule has 18 heavy (non-hydrogen) atoms. The zero-order valence-electron chi connectivity index (χ0n) is 9.29. The van der Waals surface area contributed by atoms with Gasteiger partial charge in [-0.3, -0.25) is 0 Å². The highest BCUT2D eigenvalue weighted by Crippen LogP contribution is 2.31. The second-order valence-electron chi connectivity index (χ2n) is 3.68. The van der Waals surface area contributed by atoms with Gasteiger partial charge < -0.3 is 5.73 Å². The fourth-order valence-electron chi connectivity index (χ4n) is 1.64. The summed E-state index contributed by atoms with van der Waals surface area (Å²) in [4.78, 5) is 0. The van der Waals surface area contributed by atoms with Crippen LogP contribution in [0.3, 0.4) is 0 Å². The lowest BCUT2D eigenvalue weighted by Crippen LogP contribution is -1.96. The normalized spacial score (nSPS) is 10.0. The summed E-state index contributed by atoms with van der Waals surface area (Å²) >= 11 is 12.0. The highest BCUT2D eigenvalue weighted by Gasteiger charge is 2.07. The molecule has 0 aliphatic heterocycles. The van der Waals surface area contributed by atoms with Crippen LogP contribution in [-0.2, 0) is 6.54 Å². The predicted molar refractivity (Wildman–Crippen MR) is 77.0 cm³/mol. The summed E-state index contributed by atoms with van der Waals surface area (Å²) in [5.41, 5.74) is 7.83. The van der Waals surface area contributed by atoms with Crippen LogP contribution in [-0.4, -0.2) is 0 Å². The highest BCUT2D eigenvalue weighted by molar-refractivity contribution is 6.33. The van der Waals surface area contributed by atoms with Crippen molar-refractivity contribution in [2.45, 2.75) is 6.54 Å². The van der Waals surface area contributed by atoms with Gasteiger partial charge in [0.05, 0.1) is 0 Å². The van der Waals surface area contributed by atoms with Gasteiger partial charge in [-0.25, -0.2) is 4.39 Å². The van der Waals surface area contributed by atoms with E-state index >= 15 is 0 Å². The van der Waals surface area contributed by atoms with Crippen LogP contribution < -0.4 is 5.73 Å². The molecule has 0 aromatic heterocycles. The van der Waals surface area contributed by atoms with Gasteiger partial charge in [0, 0.05) is 22.2 Å². The van der Waals surface area contributed by atoms with E-state index < -0.39 is 0 Å². The molecule has 1 nitrogen and oxygen atoms in total.